The summed E-state index contributed by atoms with van der Waals surface area (Å²) in [5.74, 6) is -0.193. The monoisotopic (exact) mass is 410 g/mol. The fourth-order valence-corrected chi connectivity index (χ4v) is 3.34. The highest BCUT2D eigenvalue weighted by Gasteiger charge is 2.24. The highest BCUT2D eigenvalue weighted by Crippen LogP contribution is 2.32. The predicted molar refractivity (Wildman–Crippen MR) is 113 cm³/mol. The lowest BCUT2D eigenvalue weighted by atomic mass is 10.2. The number of hydrogen-bond donors (Lipinski definition) is 2. The van der Waals surface area contributed by atoms with Gasteiger partial charge < -0.3 is 19.9 Å². The topological polar surface area (TPSA) is 97.2 Å². The molecule has 0 saturated carbocycles. The van der Waals surface area contributed by atoms with E-state index in [2.05, 4.69) is 16.9 Å². The zero-order valence-electron chi connectivity index (χ0n) is 15.5. The molecule has 2 aromatic carbocycles. The summed E-state index contributed by atoms with van der Waals surface area (Å²) in [5, 5.41) is 12.1. The first-order valence-electron chi connectivity index (χ1n) is 8.55. The summed E-state index contributed by atoms with van der Waals surface area (Å²) < 4.78 is 10.9. The fourth-order valence-electron chi connectivity index (χ4n) is 2.50. The number of carboxylic acids is 1. The number of carbonyl (C=O) groups excluding carboxylic acids is 1. The van der Waals surface area contributed by atoms with Crippen LogP contribution in [0.2, 0.25) is 0 Å². The fraction of sp³-hybridized carbons (Fsp3) is 0.0952. The Hall–Kier alpha value is -3.52. The number of aliphatic imine (C=N–C) groups is 1. The van der Waals surface area contributed by atoms with E-state index < -0.39 is 5.97 Å². The zero-order valence-corrected chi connectivity index (χ0v) is 16.4. The second-order valence-corrected chi connectivity index (χ2v) is 6.88. The van der Waals surface area contributed by atoms with Gasteiger partial charge >= 0.3 is 5.97 Å². The molecule has 3 rings (SSSR count). The highest BCUT2D eigenvalue weighted by molar-refractivity contribution is 8.18. The summed E-state index contributed by atoms with van der Waals surface area (Å²) in [6, 6.07) is 11.5. The molecule has 0 aromatic heterocycles. The van der Waals surface area contributed by atoms with Crippen LogP contribution in [0.15, 0.2) is 65.0 Å². The van der Waals surface area contributed by atoms with Crippen LogP contribution < -0.4 is 14.8 Å². The minimum Gasteiger partial charge on any atom is -0.493 e. The number of amides is 1. The Morgan fingerprint density at radius 3 is 2.83 bits per heavy atom. The van der Waals surface area contributed by atoms with Gasteiger partial charge in [0.2, 0.25) is 0 Å². The van der Waals surface area contributed by atoms with Crippen LogP contribution in [-0.4, -0.2) is 35.9 Å². The van der Waals surface area contributed by atoms with Gasteiger partial charge in [-0.25, -0.2) is 9.79 Å². The van der Waals surface area contributed by atoms with Crippen molar-refractivity contribution in [3.63, 3.8) is 0 Å². The number of carboxylic acid groups (broad SMARTS) is 1. The Balaban J connectivity index is 1.81. The molecule has 1 amide bonds. The van der Waals surface area contributed by atoms with Crippen LogP contribution in [0, 0.1) is 0 Å². The average molecular weight is 410 g/mol. The molecule has 1 aliphatic heterocycles. The van der Waals surface area contributed by atoms with Gasteiger partial charge in [-0.1, -0.05) is 24.8 Å². The van der Waals surface area contributed by atoms with Gasteiger partial charge in [0.25, 0.3) is 5.91 Å². The summed E-state index contributed by atoms with van der Waals surface area (Å²) in [5.41, 5.74) is 1.33. The predicted octanol–water partition coefficient (Wildman–Crippen LogP) is 3.85. The Labute approximate surface area is 171 Å². The highest BCUT2D eigenvalue weighted by atomic mass is 32.2. The maximum absolute atomic E-state index is 12.3. The number of thioether (sulfide) groups is 1. The second-order valence-electron chi connectivity index (χ2n) is 5.85. The lowest BCUT2D eigenvalue weighted by Crippen LogP contribution is -2.19. The van der Waals surface area contributed by atoms with Crippen molar-refractivity contribution in [3.8, 4) is 11.5 Å². The Kier molecular flexibility index (Phi) is 6.36. The van der Waals surface area contributed by atoms with Gasteiger partial charge in [-0.05, 0) is 53.7 Å². The van der Waals surface area contributed by atoms with Crippen molar-refractivity contribution in [2.24, 2.45) is 4.99 Å². The maximum atomic E-state index is 12.3. The summed E-state index contributed by atoms with van der Waals surface area (Å²) in [7, 11) is 1.54. The largest absolute Gasteiger partial charge is 0.493 e. The van der Waals surface area contributed by atoms with Gasteiger partial charge in [-0.3, -0.25) is 4.79 Å². The van der Waals surface area contributed by atoms with Crippen molar-refractivity contribution in [2.45, 2.75) is 0 Å². The second kappa shape index (κ2) is 9.11. The van der Waals surface area contributed by atoms with Crippen molar-refractivity contribution >= 4 is 40.6 Å². The summed E-state index contributed by atoms with van der Waals surface area (Å²) in [6.07, 6.45) is 3.36. The first kappa shape index (κ1) is 20.2. The minimum absolute atomic E-state index is 0.128. The number of rotatable bonds is 7. The molecule has 1 saturated heterocycles. The smallest absolute Gasteiger partial charge is 0.335 e. The molecule has 2 aromatic rings. The molecule has 0 atom stereocenters. The molecule has 0 unspecified atom stereocenters. The summed E-state index contributed by atoms with van der Waals surface area (Å²) in [6.45, 7) is 3.97. The van der Waals surface area contributed by atoms with E-state index in [0.29, 0.717) is 33.9 Å². The first-order valence-corrected chi connectivity index (χ1v) is 9.36. The number of amidine groups is 1. The number of nitrogens with zero attached hydrogens (tertiary/aromatic N) is 1. The quantitative estimate of drug-likeness (QED) is 0.532. The van der Waals surface area contributed by atoms with E-state index in [-0.39, 0.29) is 11.5 Å². The van der Waals surface area contributed by atoms with E-state index in [0.717, 1.165) is 5.56 Å². The molecule has 2 N–H and O–H groups in total. The minimum atomic E-state index is -1.04. The molecule has 148 valence electrons. The normalized spacial score (nSPS) is 16.0. The standard InChI is InChI=1S/C21H18N2O5S/c1-3-9-28-16-8-7-13(10-17(16)27-2)11-18-19(24)23-21(29-18)22-15-6-4-5-14(12-15)20(25)26/h3-8,10-12H,1,9H2,2H3,(H,25,26)(H,22,23,24)/b18-11+. The number of carbonyl (C=O) groups is 2. The maximum Gasteiger partial charge on any atom is 0.335 e. The number of methoxy groups -OCH3 is 1. The molecule has 8 heteroatoms. The van der Waals surface area contributed by atoms with Gasteiger partial charge in [-0.2, -0.15) is 0 Å². The van der Waals surface area contributed by atoms with Crippen molar-refractivity contribution in [1.82, 2.24) is 5.32 Å². The molecule has 0 aliphatic carbocycles. The van der Waals surface area contributed by atoms with Crippen LogP contribution in [0.1, 0.15) is 15.9 Å². The van der Waals surface area contributed by atoms with E-state index in [1.165, 1.54) is 23.9 Å². The molecular weight excluding hydrogens is 392 g/mol. The molecule has 1 heterocycles. The van der Waals surface area contributed by atoms with Crippen molar-refractivity contribution in [2.75, 3.05) is 13.7 Å². The molecule has 29 heavy (non-hydrogen) atoms. The van der Waals surface area contributed by atoms with Crippen molar-refractivity contribution < 1.29 is 24.2 Å². The van der Waals surface area contributed by atoms with Crippen LogP contribution >= 0.6 is 11.8 Å². The van der Waals surface area contributed by atoms with Gasteiger partial charge in [0.05, 0.1) is 23.3 Å². The zero-order chi connectivity index (χ0) is 20.8. The lowest BCUT2D eigenvalue weighted by Gasteiger charge is -2.09. The van der Waals surface area contributed by atoms with Gasteiger partial charge in [-0.15, -0.1) is 0 Å². The number of hydrogen-bond acceptors (Lipinski definition) is 6. The third kappa shape index (κ3) is 5.05. The van der Waals surface area contributed by atoms with Crippen LogP contribution in [0.5, 0.6) is 11.5 Å². The third-order valence-electron chi connectivity index (χ3n) is 3.82. The van der Waals surface area contributed by atoms with E-state index >= 15 is 0 Å². The Bertz CT molecular complexity index is 1030. The molecule has 0 radical (unpaired) electrons. The SMILES string of the molecule is C=CCOc1ccc(/C=C2/SC(=Nc3cccc(C(=O)O)c3)NC2=O)cc1OC. The van der Waals surface area contributed by atoms with E-state index in [1.54, 1.807) is 43.5 Å². The lowest BCUT2D eigenvalue weighted by molar-refractivity contribution is -0.115. The molecule has 0 spiro atoms. The number of aromatic carboxylic acids is 1. The summed E-state index contributed by atoms with van der Waals surface area (Å²) >= 11 is 1.17. The van der Waals surface area contributed by atoms with Gasteiger partial charge in [0.1, 0.15) is 6.61 Å². The number of benzene rings is 2. The third-order valence-corrected chi connectivity index (χ3v) is 4.73. The number of ether oxygens (including phenoxy) is 2. The molecular formula is C21H18N2O5S. The van der Waals surface area contributed by atoms with Crippen molar-refractivity contribution in [3.05, 3.63) is 71.2 Å². The van der Waals surface area contributed by atoms with E-state index in [9.17, 15) is 9.59 Å². The van der Waals surface area contributed by atoms with E-state index in [4.69, 9.17) is 14.6 Å². The van der Waals surface area contributed by atoms with Gasteiger partial charge in [0.15, 0.2) is 16.7 Å². The van der Waals surface area contributed by atoms with Crippen molar-refractivity contribution in [1.29, 1.82) is 0 Å². The van der Waals surface area contributed by atoms with Crippen LogP contribution in [0.3, 0.4) is 0 Å². The number of nitrogens with one attached hydrogen (secondary N) is 1. The molecule has 1 fully saturated rings. The first-order chi connectivity index (χ1) is 14.0. The average Bonchev–Trinajstić information content (AvgIpc) is 3.05. The Morgan fingerprint density at radius 2 is 2.10 bits per heavy atom. The van der Waals surface area contributed by atoms with Crippen LogP contribution in [-0.2, 0) is 4.79 Å². The molecule has 7 nitrogen and oxygen atoms in total. The van der Waals surface area contributed by atoms with E-state index in [1.807, 2.05) is 6.07 Å². The molecule has 0 bridgehead atoms. The van der Waals surface area contributed by atoms with Crippen LogP contribution in [0.4, 0.5) is 5.69 Å². The summed E-state index contributed by atoms with van der Waals surface area (Å²) in [4.78, 5) is 28.1. The van der Waals surface area contributed by atoms with Crippen LogP contribution in [0.25, 0.3) is 6.08 Å². The van der Waals surface area contributed by atoms with Gasteiger partial charge in [0, 0.05) is 0 Å². The Morgan fingerprint density at radius 1 is 1.28 bits per heavy atom. The molecule has 1 aliphatic rings.